The predicted molar refractivity (Wildman–Crippen MR) is 113 cm³/mol. The first-order chi connectivity index (χ1) is 14.7. The smallest absolute Gasteiger partial charge is 0.227 e. The van der Waals surface area contributed by atoms with Crippen LogP contribution in [0.15, 0.2) is 54.9 Å². The summed E-state index contributed by atoms with van der Waals surface area (Å²) in [6, 6.07) is 12.7. The lowest BCUT2D eigenvalue weighted by molar-refractivity contribution is 0.0654. The second kappa shape index (κ2) is 7.84. The minimum absolute atomic E-state index is 0.132. The molecule has 0 bridgehead atoms. The number of aliphatic hydroxyl groups is 1. The molecule has 2 aromatic carbocycles. The molecule has 6 nitrogen and oxygen atoms in total. The zero-order chi connectivity index (χ0) is 20.5. The zero-order valence-corrected chi connectivity index (χ0v) is 16.3. The molecule has 0 amide bonds. The molecule has 0 spiro atoms. The van der Waals surface area contributed by atoms with Crippen molar-refractivity contribution in [3.05, 3.63) is 60.7 Å². The molecule has 7 heteroatoms. The van der Waals surface area contributed by atoms with Crippen LogP contribution in [0.25, 0.3) is 21.8 Å². The van der Waals surface area contributed by atoms with Crippen LogP contribution in [-0.4, -0.2) is 32.3 Å². The maximum atomic E-state index is 14.6. The largest absolute Gasteiger partial charge is 0.485 e. The Morgan fingerprint density at radius 3 is 2.73 bits per heavy atom. The average Bonchev–Trinajstić information content (AvgIpc) is 2.77. The maximum Gasteiger partial charge on any atom is 0.227 e. The van der Waals surface area contributed by atoms with E-state index in [0.29, 0.717) is 42.5 Å². The van der Waals surface area contributed by atoms with Gasteiger partial charge in [-0.1, -0.05) is 6.07 Å². The minimum atomic E-state index is -0.449. The van der Waals surface area contributed by atoms with Crippen molar-refractivity contribution in [1.29, 1.82) is 0 Å². The molecule has 1 aliphatic carbocycles. The summed E-state index contributed by atoms with van der Waals surface area (Å²) < 4.78 is 20.6. The molecule has 5 rings (SSSR count). The van der Waals surface area contributed by atoms with Gasteiger partial charge in [0.1, 0.15) is 5.52 Å². The molecule has 152 valence electrons. The van der Waals surface area contributed by atoms with Gasteiger partial charge in [0.25, 0.3) is 0 Å². The number of halogens is 1. The van der Waals surface area contributed by atoms with E-state index in [1.165, 1.54) is 6.07 Å². The highest BCUT2D eigenvalue weighted by atomic mass is 19.1. The van der Waals surface area contributed by atoms with E-state index in [2.05, 4.69) is 20.3 Å². The van der Waals surface area contributed by atoms with Crippen molar-refractivity contribution in [1.82, 2.24) is 15.0 Å². The highest BCUT2D eigenvalue weighted by molar-refractivity contribution is 5.86. The monoisotopic (exact) mass is 404 g/mol. The average molecular weight is 404 g/mol. The van der Waals surface area contributed by atoms with Crippen molar-refractivity contribution in [3.63, 3.8) is 0 Å². The summed E-state index contributed by atoms with van der Waals surface area (Å²) in [5.74, 6) is 0.0531. The Bertz CT molecular complexity index is 1210. The fourth-order valence-corrected chi connectivity index (χ4v) is 3.83. The molecule has 2 heterocycles. The van der Waals surface area contributed by atoms with Crippen molar-refractivity contribution < 1.29 is 14.2 Å². The molecule has 1 fully saturated rings. The van der Waals surface area contributed by atoms with E-state index in [9.17, 15) is 9.50 Å². The van der Waals surface area contributed by atoms with Gasteiger partial charge in [-0.05, 0) is 62.1 Å². The molecule has 1 saturated carbocycles. The Labute approximate surface area is 172 Å². The molecule has 0 radical (unpaired) electrons. The van der Waals surface area contributed by atoms with Gasteiger partial charge in [0.15, 0.2) is 11.6 Å². The molecule has 0 unspecified atom stereocenters. The molecular weight excluding hydrogens is 383 g/mol. The topological polar surface area (TPSA) is 80.2 Å². The fourth-order valence-electron chi connectivity index (χ4n) is 3.83. The van der Waals surface area contributed by atoms with Crippen molar-refractivity contribution in [3.8, 4) is 5.75 Å². The van der Waals surface area contributed by atoms with Gasteiger partial charge in [0.05, 0.1) is 17.7 Å². The third-order valence-electron chi connectivity index (χ3n) is 5.45. The number of pyridine rings is 1. The zero-order valence-electron chi connectivity index (χ0n) is 16.3. The lowest BCUT2D eigenvalue weighted by Gasteiger charge is -2.26. The van der Waals surface area contributed by atoms with Crippen molar-refractivity contribution in [2.75, 3.05) is 5.32 Å². The third kappa shape index (κ3) is 3.76. The third-order valence-corrected chi connectivity index (χ3v) is 5.45. The lowest BCUT2D eigenvalue weighted by Crippen LogP contribution is -2.26. The van der Waals surface area contributed by atoms with Crippen LogP contribution in [0.5, 0.6) is 5.75 Å². The number of ether oxygens (including phenoxy) is 1. The lowest BCUT2D eigenvalue weighted by atomic mass is 9.95. The first kappa shape index (κ1) is 18.7. The van der Waals surface area contributed by atoms with Crippen molar-refractivity contribution >= 4 is 33.4 Å². The fraction of sp³-hybridized carbons (Fsp3) is 0.261. The second-order valence-electron chi connectivity index (χ2n) is 7.59. The first-order valence-electron chi connectivity index (χ1n) is 10.1. The van der Waals surface area contributed by atoms with E-state index < -0.39 is 5.82 Å². The number of fused-ring (bicyclic) bond motifs is 2. The van der Waals surface area contributed by atoms with Gasteiger partial charge in [0, 0.05) is 28.9 Å². The normalized spacial score (nSPS) is 19.1. The minimum Gasteiger partial charge on any atom is -0.485 e. The van der Waals surface area contributed by atoms with Crippen molar-refractivity contribution in [2.45, 2.75) is 37.9 Å². The first-order valence-corrected chi connectivity index (χ1v) is 10.1. The summed E-state index contributed by atoms with van der Waals surface area (Å²) >= 11 is 0. The Balaban J connectivity index is 1.46. The summed E-state index contributed by atoms with van der Waals surface area (Å²) in [6.07, 6.45) is 5.70. The van der Waals surface area contributed by atoms with Crippen LogP contribution in [0.4, 0.5) is 16.0 Å². The Kier molecular flexibility index (Phi) is 4.88. The predicted octanol–water partition coefficient (Wildman–Crippen LogP) is 4.74. The van der Waals surface area contributed by atoms with Crippen LogP contribution in [0.3, 0.4) is 0 Å². The van der Waals surface area contributed by atoms with E-state index in [1.807, 2.05) is 30.3 Å². The van der Waals surface area contributed by atoms with Gasteiger partial charge in [-0.2, -0.15) is 0 Å². The number of aliphatic hydroxyl groups excluding tert-OH is 1. The molecule has 2 N–H and O–H groups in total. The number of nitrogens with zero attached hydrogens (tertiary/aromatic N) is 3. The summed E-state index contributed by atoms with van der Waals surface area (Å²) in [5.41, 5.74) is 2.15. The molecule has 0 atom stereocenters. The number of rotatable bonds is 4. The van der Waals surface area contributed by atoms with Gasteiger partial charge in [-0.25, -0.2) is 14.4 Å². The number of aromatic nitrogens is 3. The Morgan fingerprint density at radius 1 is 1.00 bits per heavy atom. The van der Waals surface area contributed by atoms with Gasteiger partial charge < -0.3 is 15.2 Å². The van der Waals surface area contributed by atoms with E-state index in [-0.39, 0.29) is 18.0 Å². The van der Waals surface area contributed by atoms with Crippen molar-refractivity contribution in [2.24, 2.45) is 0 Å². The van der Waals surface area contributed by atoms with Crippen LogP contribution < -0.4 is 10.1 Å². The van der Waals surface area contributed by atoms with Crippen LogP contribution in [0, 0.1) is 5.82 Å². The van der Waals surface area contributed by atoms with Gasteiger partial charge in [-0.15, -0.1) is 0 Å². The summed E-state index contributed by atoms with van der Waals surface area (Å²) in [7, 11) is 0. The number of benzene rings is 2. The standard InChI is InChI=1S/C23H21FN4O2/c24-19-9-3-15-13-26-23(27-16-4-10-20-14(12-16)2-1-11-25-20)28-21(15)22(19)30-18-7-5-17(29)6-8-18/h1-4,9-13,17-18,29H,5-8H2,(H,26,27,28)/t17-,18+. The van der Waals surface area contributed by atoms with E-state index in [0.717, 1.165) is 16.6 Å². The van der Waals surface area contributed by atoms with Crippen LogP contribution in [-0.2, 0) is 0 Å². The molecule has 2 aromatic heterocycles. The SMILES string of the molecule is O[C@H]1CC[C@@H](Oc2c(F)ccc3cnc(Nc4ccc5ncccc5c4)nc23)CC1. The molecule has 30 heavy (non-hydrogen) atoms. The number of hydrogen-bond donors (Lipinski definition) is 2. The quantitative estimate of drug-likeness (QED) is 0.511. The highest BCUT2D eigenvalue weighted by Gasteiger charge is 2.23. The summed E-state index contributed by atoms with van der Waals surface area (Å²) in [6.45, 7) is 0. The van der Waals surface area contributed by atoms with Crippen LogP contribution in [0.2, 0.25) is 0 Å². The van der Waals surface area contributed by atoms with Gasteiger partial charge >= 0.3 is 0 Å². The summed E-state index contributed by atoms with van der Waals surface area (Å²) in [5, 5.41) is 14.6. The van der Waals surface area contributed by atoms with E-state index >= 15 is 0 Å². The molecular formula is C23H21FN4O2. The maximum absolute atomic E-state index is 14.6. The van der Waals surface area contributed by atoms with Crippen LogP contribution in [0.1, 0.15) is 25.7 Å². The summed E-state index contributed by atoms with van der Waals surface area (Å²) in [4.78, 5) is 13.2. The number of anilines is 2. The number of nitrogens with one attached hydrogen (secondary N) is 1. The van der Waals surface area contributed by atoms with Gasteiger partial charge in [-0.3, -0.25) is 4.98 Å². The number of hydrogen-bond acceptors (Lipinski definition) is 6. The molecule has 1 aliphatic rings. The molecule has 4 aromatic rings. The molecule has 0 saturated heterocycles. The second-order valence-corrected chi connectivity index (χ2v) is 7.59. The molecule has 0 aliphatic heterocycles. The Morgan fingerprint density at radius 2 is 1.87 bits per heavy atom. The van der Waals surface area contributed by atoms with Gasteiger partial charge in [0.2, 0.25) is 5.95 Å². The van der Waals surface area contributed by atoms with E-state index in [1.54, 1.807) is 18.5 Å². The Hall–Kier alpha value is -3.32. The highest BCUT2D eigenvalue weighted by Crippen LogP contribution is 2.32. The van der Waals surface area contributed by atoms with Crippen LogP contribution >= 0.6 is 0 Å². The van der Waals surface area contributed by atoms with E-state index in [4.69, 9.17) is 4.74 Å².